The normalized spacial score (nSPS) is 11.3. The molecule has 0 amide bonds. The molecule has 2 N–H and O–H groups in total. The molecule has 0 aliphatic carbocycles. The molecule has 0 fully saturated rings. The van der Waals surface area contributed by atoms with E-state index in [4.69, 9.17) is 5.11 Å². The Bertz CT molecular complexity index is 768. The number of halogens is 1. The zero-order valence-electron chi connectivity index (χ0n) is 10.3. The maximum atomic E-state index is 13.4. The number of aromatic carboxylic acids is 1. The third-order valence-electron chi connectivity index (χ3n) is 2.60. The van der Waals surface area contributed by atoms with Gasteiger partial charge in [-0.15, -0.1) is 11.3 Å². The second kappa shape index (κ2) is 5.22. The molecule has 0 radical (unpaired) electrons. The SMILES string of the molecule is Cc1c(F)cccc1NS(=O)(=O)c1cc(C(=O)O)cs1. The molecule has 0 bridgehead atoms. The lowest BCUT2D eigenvalue weighted by molar-refractivity contribution is 0.0697. The fraction of sp³-hybridized carbons (Fsp3) is 0.0833. The topological polar surface area (TPSA) is 83.5 Å². The first-order valence-electron chi connectivity index (χ1n) is 5.41. The number of thiophene rings is 1. The van der Waals surface area contributed by atoms with Crippen LogP contribution in [0.5, 0.6) is 0 Å². The summed E-state index contributed by atoms with van der Waals surface area (Å²) >= 11 is 0.789. The third-order valence-corrected chi connectivity index (χ3v) is 5.40. The van der Waals surface area contributed by atoms with Crippen molar-refractivity contribution in [2.45, 2.75) is 11.1 Å². The summed E-state index contributed by atoms with van der Waals surface area (Å²) in [7, 11) is -3.93. The molecule has 0 atom stereocenters. The van der Waals surface area contributed by atoms with Crippen molar-refractivity contribution in [1.29, 1.82) is 0 Å². The first-order chi connectivity index (χ1) is 9.31. The lowest BCUT2D eigenvalue weighted by atomic mass is 10.2. The van der Waals surface area contributed by atoms with Crippen molar-refractivity contribution < 1.29 is 22.7 Å². The van der Waals surface area contributed by atoms with Crippen LogP contribution < -0.4 is 4.72 Å². The van der Waals surface area contributed by atoms with E-state index >= 15 is 0 Å². The minimum Gasteiger partial charge on any atom is -0.478 e. The number of sulfonamides is 1. The first-order valence-corrected chi connectivity index (χ1v) is 7.77. The average molecular weight is 315 g/mol. The van der Waals surface area contributed by atoms with Gasteiger partial charge in [-0.25, -0.2) is 17.6 Å². The number of carboxylic acids is 1. The molecule has 0 aliphatic heterocycles. The van der Waals surface area contributed by atoms with Crippen LogP contribution in [0.3, 0.4) is 0 Å². The second-order valence-corrected chi connectivity index (χ2v) is 6.80. The molecule has 2 aromatic rings. The van der Waals surface area contributed by atoms with Gasteiger partial charge in [-0.2, -0.15) is 0 Å². The highest BCUT2D eigenvalue weighted by Crippen LogP contribution is 2.25. The van der Waals surface area contributed by atoms with Crippen LogP contribution in [0.25, 0.3) is 0 Å². The van der Waals surface area contributed by atoms with E-state index in [1.165, 1.54) is 30.5 Å². The lowest BCUT2D eigenvalue weighted by Gasteiger charge is -2.09. The summed E-state index contributed by atoms with van der Waals surface area (Å²) in [4.78, 5) is 10.7. The standard InChI is InChI=1S/C12H10FNO4S2/c1-7-9(13)3-2-4-10(7)14-20(17,18)11-5-8(6-19-11)12(15)16/h2-6,14H,1H3,(H,15,16). The van der Waals surface area contributed by atoms with Crippen LogP contribution in [-0.2, 0) is 10.0 Å². The van der Waals surface area contributed by atoms with Gasteiger partial charge in [0.25, 0.3) is 10.0 Å². The number of hydrogen-bond acceptors (Lipinski definition) is 4. The van der Waals surface area contributed by atoms with Crippen LogP contribution in [0, 0.1) is 12.7 Å². The van der Waals surface area contributed by atoms with Crippen LogP contribution in [0.4, 0.5) is 10.1 Å². The van der Waals surface area contributed by atoms with Crippen molar-refractivity contribution in [2.75, 3.05) is 4.72 Å². The molecule has 5 nitrogen and oxygen atoms in total. The Morgan fingerprint density at radius 1 is 1.40 bits per heavy atom. The van der Waals surface area contributed by atoms with Gasteiger partial charge in [0.2, 0.25) is 0 Å². The van der Waals surface area contributed by atoms with E-state index in [0.717, 1.165) is 17.4 Å². The highest BCUT2D eigenvalue weighted by Gasteiger charge is 2.20. The summed E-state index contributed by atoms with van der Waals surface area (Å²) < 4.78 is 39.6. The van der Waals surface area contributed by atoms with Gasteiger partial charge in [0.05, 0.1) is 11.3 Å². The molecule has 2 rings (SSSR count). The van der Waals surface area contributed by atoms with Gasteiger partial charge < -0.3 is 5.11 Å². The molecule has 8 heteroatoms. The fourth-order valence-corrected chi connectivity index (χ4v) is 3.76. The highest BCUT2D eigenvalue weighted by molar-refractivity contribution is 7.94. The van der Waals surface area contributed by atoms with E-state index < -0.39 is 21.8 Å². The van der Waals surface area contributed by atoms with Gasteiger partial charge in [0.15, 0.2) is 0 Å². The molecule has 106 valence electrons. The predicted molar refractivity (Wildman–Crippen MR) is 73.2 cm³/mol. The Kier molecular flexibility index (Phi) is 3.78. The summed E-state index contributed by atoms with van der Waals surface area (Å²) in [5.41, 5.74) is 0.188. The molecule has 1 aromatic heterocycles. The van der Waals surface area contributed by atoms with Crippen molar-refractivity contribution in [3.8, 4) is 0 Å². The summed E-state index contributed by atoms with van der Waals surface area (Å²) in [6.07, 6.45) is 0. The van der Waals surface area contributed by atoms with E-state index in [0.29, 0.717) is 0 Å². The zero-order valence-corrected chi connectivity index (χ0v) is 11.9. The smallest absolute Gasteiger partial charge is 0.336 e. The minimum absolute atomic E-state index is 0.105. The van der Waals surface area contributed by atoms with Crippen molar-refractivity contribution in [1.82, 2.24) is 0 Å². The van der Waals surface area contributed by atoms with Crippen LogP contribution in [0.2, 0.25) is 0 Å². The molecule has 0 saturated carbocycles. The minimum atomic E-state index is -3.93. The largest absolute Gasteiger partial charge is 0.478 e. The van der Waals surface area contributed by atoms with Crippen LogP contribution in [0.1, 0.15) is 15.9 Å². The first kappa shape index (κ1) is 14.5. The van der Waals surface area contributed by atoms with Gasteiger partial charge in [0.1, 0.15) is 10.0 Å². The van der Waals surface area contributed by atoms with E-state index in [1.807, 2.05) is 0 Å². The number of rotatable bonds is 4. The quantitative estimate of drug-likeness (QED) is 0.908. The predicted octanol–water partition coefficient (Wildman–Crippen LogP) is 2.69. The van der Waals surface area contributed by atoms with Gasteiger partial charge in [-0.3, -0.25) is 4.72 Å². The monoisotopic (exact) mass is 315 g/mol. The van der Waals surface area contributed by atoms with Gasteiger partial charge in [0, 0.05) is 10.9 Å². The lowest BCUT2D eigenvalue weighted by Crippen LogP contribution is -2.13. The highest BCUT2D eigenvalue weighted by atomic mass is 32.2. The van der Waals surface area contributed by atoms with Crippen molar-refractivity contribution in [3.05, 3.63) is 46.6 Å². The second-order valence-electron chi connectivity index (χ2n) is 3.98. The molecular formula is C12H10FNO4S2. The summed E-state index contributed by atoms with van der Waals surface area (Å²) in [5.74, 6) is -1.73. The number of carboxylic acid groups (broad SMARTS) is 1. The van der Waals surface area contributed by atoms with Crippen molar-refractivity contribution >= 4 is 33.0 Å². The molecule has 0 aliphatic rings. The van der Waals surface area contributed by atoms with E-state index in [2.05, 4.69) is 4.72 Å². The summed E-state index contributed by atoms with van der Waals surface area (Å²) in [5, 5.41) is 10.0. The molecule has 1 aromatic carbocycles. The zero-order chi connectivity index (χ0) is 14.9. The molecule has 20 heavy (non-hydrogen) atoms. The Hall–Kier alpha value is -1.93. The van der Waals surface area contributed by atoms with Crippen LogP contribution in [-0.4, -0.2) is 19.5 Å². The number of carbonyl (C=O) groups is 1. The Morgan fingerprint density at radius 2 is 2.10 bits per heavy atom. The molecule has 0 unspecified atom stereocenters. The van der Waals surface area contributed by atoms with Crippen molar-refractivity contribution in [2.24, 2.45) is 0 Å². The Labute approximate surface area is 118 Å². The maximum Gasteiger partial charge on any atom is 0.336 e. The van der Waals surface area contributed by atoms with Crippen LogP contribution in [0.15, 0.2) is 33.9 Å². The summed E-state index contributed by atoms with van der Waals surface area (Å²) in [6.45, 7) is 1.45. The molecule has 0 spiro atoms. The third kappa shape index (κ3) is 2.81. The summed E-state index contributed by atoms with van der Waals surface area (Å²) in [6, 6.07) is 5.10. The van der Waals surface area contributed by atoms with Gasteiger partial charge in [-0.05, 0) is 25.1 Å². The van der Waals surface area contributed by atoms with E-state index in [1.54, 1.807) is 0 Å². The maximum absolute atomic E-state index is 13.4. The van der Waals surface area contributed by atoms with Crippen LogP contribution >= 0.6 is 11.3 Å². The number of benzene rings is 1. The van der Waals surface area contributed by atoms with Gasteiger partial charge >= 0.3 is 5.97 Å². The van der Waals surface area contributed by atoms with E-state index in [9.17, 15) is 17.6 Å². The van der Waals surface area contributed by atoms with Crippen molar-refractivity contribution in [3.63, 3.8) is 0 Å². The molecule has 1 heterocycles. The Balaban J connectivity index is 2.35. The average Bonchev–Trinajstić information content (AvgIpc) is 2.85. The number of anilines is 1. The fourth-order valence-electron chi connectivity index (χ4n) is 1.48. The number of nitrogens with one attached hydrogen (secondary N) is 1. The molecule has 0 saturated heterocycles. The number of hydrogen-bond donors (Lipinski definition) is 2. The molecular weight excluding hydrogens is 305 g/mol. The van der Waals surface area contributed by atoms with E-state index in [-0.39, 0.29) is 21.0 Å². The van der Waals surface area contributed by atoms with Gasteiger partial charge in [-0.1, -0.05) is 6.07 Å². The Morgan fingerprint density at radius 3 is 2.70 bits per heavy atom.